The van der Waals surface area contributed by atoms with Crippen LogP contribution in [0.5, 0.6) is 0 Å². The van der Waals surface area contributed by atoms with Gasteiger partial charge in [0.1, 0.15) is 0 Å². The van der Waals surface area contributed by atoms with E-state index in [1.807, 2.05) is 73.7 Å². The Balaban J connectivity index is 1.29. The van der Waals surface area contributed by atoms with Crippen molar-refractivity contribution in [3.8, 4) is 22.5 Å². The van der Waals surface area contributed by atoms with Gasteiger partial charge in [0, 0.05) is 5.56 Å². The number of aryl methyl sites for hydroxylation is 2. The fourth-order valence-corrected chi connectivity index (χ4v) is 4.81. The summed E-state index contributed by atoms with van der Waals surface area (Å²) in [5.74, 6) is -0.135. The van der Waals surface area contributed by atoms with Crippen molar-refractivity contribution in [1.82, 2.24) is 5.16 Å². The molecule has 178 valence electrons. The first kappa shape index (κ1) is 23.1. The molecule has 5 nitrogen and oxygen atoms in total. The largest absolute Gasteiger partial charge is 0.481 e. The van der Waals surface area contributed by atoms with E-state index in [-0.39, 0.29) is 0 Å². The van der Waals surface area contributed by atoms with Gasteiger partial charge in [-0.05, 0) is 61.3 Å². The lowest BCUT2D eigenvalue weighted by Crippen LogP contribution is -2.19. The molecule has 1 aromatic heterocycles. The van der Waals surface area contributed by atoms with Crippen molar-refractivity contribution in [3.63, 3.8) is 0 Å². The van der Waals surface area contributed by atoms with Crippen LogP contribution in [0.3, 0.4) is 0 Å². The van der Waals surface area contributed by atoms with Crippen molar-refractivity contribution in [2.75, 3.05) is 0 Å². The Morgan fingerprint density at radius 1 is 0.943 bits per heavy atom. The average Bonchev–Trinajstić information content (AvgIpc) is 3.61. The summed E-state index contributed by atoms with van der Waals surface area (Å²) in [6.45, 7) is 1.86. The molecule has 5 heteroatoms. The van der Waals surface area contributed by atoms with Crippen molar-refractivity contribution in [3.05, 3.63) is 101 Å². The van der Waals surface area contributed by atoms with E-state index in [0.29, 0.717) is 30.7 Å². The molecule has 0 amide bonds. The zero-order valence-electron chi connectivity index (χ0n) is 19.8. The molecule has 1 fully saturated rings. The SMILES string of the molecule is Cc1noc(-c2ccc(-c3ccc(C4(C(=O)O)CC4)cc3)cc2)c1C(O)CCCc1ccccc1. The van der Waals surface area contributed by atoms with Crippen LogP contribution in [0.15, 0.2) is 83.4 Å². The van der Waals surface area contributed by atoms with Gasteiger partial charge in [0.05, 0.1) is 22.8 Å². The number of carboxylic acids is 1. The van der Waals surface area contributed by atoms with E-state index in [1.165, 1.54) is 5.56 Å². The number of hydrogen-bond donors (Lipinski definition) is 2. The summed E-state index contributed by atoms with van der Waals surface area (Å²) in [7, 11) is 0. The molecule has 2 N–H and O–H groups in total. The highest BCUT2D eigenvalue weighted by molar-refractivity contribution is 5.85. The number of benzene rings is 3. The summed E-state index contributed by atoms with van der Waals surface area (Å²) in [6.07, 6.45) is 3.18. The van der Waals surface area contributed by atoms with E-state index in [9.17, 15) is 15.0 Å². The van der Waals surface area contributed by atoms with Crippen LogP contribution in [-0.2, 0) is 16.6 Å². The van der Waals surface area contributed by atoms with Gasteiger partial charge in [0.15, 0.2) is 5.76 Å². The van der Waals surface area contributed by atoms with Gasteiger partial charge in [-0.1, -0.05) is 84.0 Å². The van der Waals surface area contributed by atoms with Gasteiger partial charge in [0.25, 0.3) is 0 Å². The highest BCUT2D eigenvalue weighted by Gasteiger charge is 2.51. The predicted octanol–water partition coefficient (Wildman–Crippen LogP) is 6.49. The summed E-state index contributed by atoms with van der Waals surface area (Å²) in [4.78, 5) is 11.6. The monoisotopic (exact) mass is 467 g/mol. The number of nitrogens with zero attached hydrogens (tertiary/aromatic N) is 1. The van der Waals surface area contributed by atoms with Crippen LogP contribution in [0.25, 0.3) is 22.5 Å². The van der Waals surface area contributed by atoms with Crippen molar-refractivity contribution >= 4 is 5.97 Å². The second-order valence-electron chi connectivity index (χ2n) is 9.45. The zero-order valence-corrected chi connectivity index (χ0v) is 19.8. The first-order valence-corrected chi connectivity index (χ1v) is 12.1. The third kappa shape index (κ3) is 4.64. The third-order valence-corrected chi connectivity index (χ3v) is 7.10. The van der Waals surface area contributed by atoms with Gasteiger partial charge < -0.3 is 14.7 Å². The zero-order chi connectivity index (χ0) is 24.4. The van der Waals surface area contributed by atoms with Crippen LogP contribution in [0.1, 0.15) is 54.2 Å². The van der Waals surface area contributed by atoms with Crippen LogP contribution in [0, 0.1) is 6.92 Å². The quantitative estimate of drug-likeness (QED) is 0.294. The minimum atomic E-state index is -0.741. The topological polar surface area (TPSA) is 83.6 Å². The molecule has 0 aliphatic heterocycles. The van der Waals surface area contributed by atoms with Crippen molar-refractivity contribution < 1.29 is 19.5 Å². The lowest BCUT2D eigenvalue weighted by Gasteiger charge is -2.12. The molecule has 1 heterocycles. The van der Waals surface area contributed by atoms with E-state index >= 15 is 0 Å². The molecule has 1 unspecified atom stereocenters. The van der Waals surface area contributed by atoms with Crippen LogP contribution in [0.2, 0.25) is 0 Å². The summed E-state index contributed by atoms with van der Waals surface area (Å²) < 4.78 is 5.63. The Kier molecular flexibility index (Phi) is 6.27. The maximum Gasteiger partial charge on any atom is 0.314 e. The van der Waals surface area contributed by atoms with E-state index in [2.05, 4.69) is 17.3 Å². The van der Waals surface area contributed by atoms with Crippen molar-refractivity contribution in [2.45, 2.75) is 50.5 Å². The summed E-state index contributed by atoms with van der Waals surface area (Å²) in [5, 5.41) is 24.6. The Labute approximate surface area is 205 Å². The Morgan fingerprint density at radius 2 is 1.54 bits per heavy atom. The smallest absolute Gasteiger partial charge is 0.314 e. The van der Waals surface area contributed by atoms with Crippen molar-refractivity contribution in [1.29, 1.82) is 0 Å². The van der Waals surface area contributed by atoms with E-state index in [4.69, 9.17) is 4.52 Å². The standard InChI is InChI=1S/C30H29NO4/c1-20-27(26(32)9-5-8-21-6-3-2-4-7-21)28(35-31-20)24-12-10-22(11-13-24)23-14-16-25(17-15-23)30(18-19-30)29(33)34/h2-4,6-7,10-17,26,32H,5,8-9,18-19H2,1H3,(H,33,34). The molecular weight excluding hydrogens is 438 g/mol. The predicted molar refractivity (Wildman–Crippen MR) is 135 cm³/mol. The Morgan fingerprint density at radius 3 is 2.14 bits per heavy atom. The summed E-state index contributed by atoms with van der Waals surface area (Å²) in [6, 6.07) is 26.1. The number of carboxylic acid groups (broad SMARTS) is 1. The minimum Gasteiger partial charge on any atom is -0.481 e. The number of rotatable bonds is 9. The molecule has 1 aliphatic rings. The molecule has 0 bridgehead atoms. The molecule has 35 heavy (non-hydrogen) atoms. The minimum absolute atomic E-state index is 0.605. The number of aromatic nitrogens is 1. The van der Waals surface area contributed by atoms with Crippen LogP contribution in [-0.4, -0.2) is 21.3 Å². The molecule has 0 saturated heterocycles. The van der Waals surface area contributed by atoms with E-state index in [1.54, 1.807) is 0 Å². The molecule has 1 saturated carbocycles. The summed E-state index contributed by atoms with van der Waals surface area (Å²) in [5.41, 5.74) is 5.82. The van der Waals surface area contributed by atoms with Crippen LogP contribution < -0.4 is 0 Å². The molecule has 0 spiro atoms. The lowest BCUT2D eigenvalue weighted by molar-refractivity contribution is -0.140. The number of aliphatic hydroxyl groups is 1. The Hall–Kier alpha value is -3.70. The highest BCUT2D eigenvalue weighted by Crippen LogP contribution is 2.48. The second kappa shape index (κ2) is 9.51. The highest BCUT2D eigenvalue weighted by atomic mass is 16.5. The number of aliphatic carboxylic acids is 1. The molecule has 4 aromatic rings. The van der Waals surface area contributed by atoms with Gasteiger partial charge in [0.2, 0.25) is 0 Å². The normalized spacial score (nSPS) is 15.0. The van der Waals surface area contributed by atoms with Gasteiger partial charge in [-0.15, -0.1) is 0 Å². The van der Waals surface area contributed by atoms with Crippen LogP contribution >= 0.6 is 0 Å². The number of aliphatic hydroxyl groups excluding tert-OH is 1. The van der Waals surface area contributed by atoms with Crippen molar-refractivity contribution in [2.24, 2.45) is 0 Å². The van der Waals surface area contributed by atoms with Gasteiger partial charge in [-0.2, -0.15) is 0 Å². The third-order valence-electron chi connectivity index (χ3n) is 7.10. The van der Waals surface area contributed by atoms with Gasteiger partial charge in [-0.3, -0.25) is 4.79 Å². The molecular formula is C30H29NO4. The number of hydrogen-bond acceptors (Lipinski definition) is 4. The maximum atomic E-state index is 11.6. The lowest BCUT2D eigenvalue weighted by atomic mass is 9.93. The van der Waals surface area contributed by atoms with Gasteiger partial charge in [-0.25, -0.2) is 0 Å². The summed E-state index contributed by atoms with van der Waals surface area (Å²) >= 11 is 0. The first-order chi connectivity index (χ1) is 17.0. The van der Waals surface area contributed by atoms with E-state index in [0.717, 1.165) is 40.7 Å². The molecule has 0 radical (unpaired) electrons. The molecule has 5 rings (SSSR count). The fourth-order valence-electron chi connectivity index (χ4n) is 4.81. The van der Waals surface area contributed by atoms with Gasteiger partial charge >= 0.3 is 5.97 Å². The second-order valence-corrected chi connectivity index (χ2v) is 9.45. The fraction of sp³-hybridized carbons (Fsp3) is 0.267. The molecule has 3 aromatic carbocycles. The van der Waals surface area contributed by atoms with E-state index < -0.39 is 17.5 Å². The van der Waals surface area contributed by atoms with Crippen LogP contribution in [0.4, 0.5) is 0 Å². The Bertz CT molecular complexity index is 1300. The number of carbonyl (C=O) groups is 1. The molecule has 1 atom stereocenters. The maximum absolute atomic E-state index is 11.6. The molecule has 1 aliphatic carbocycles. The average molecular weight is 468 g/mol. The first-order valence-electron chi connectivity index (χ1n) is 12.1.